The molecule has 1 aromatic carbocycles. The number of rotatable bonds is 6. The minimum Gasteiger partial charge on any atom is -0.467 e. The number of benzene rings is 1. The van der Waals surface area contributed by atoms with Crippen LogP contribution in [0.25, 0.3) is 0 Å². The zero-order chi connectivity index (χ0) is 15.2. The molecule has 0 saturated carbocycles. The lowest BCUT2D eigenvalue weighted by Crippen LogP contribution is -2.19. The van der Waals surface area contributed by atoms with Gasteiger partial charge in [0.1, 0.15) is 5.76 Å². The van der Waals surface area contributed by atoms with Gasteiger partial charge < -0.3 is 14.6 Å². The number of anilines is 3. The highest BCUT2D eigenvalue weighted by Gasteiger charge is 2.11. The molecule has 0 spiro atoms. The normalized spacial score (nSPS) is 10.4. The molecule has 3 aromatic rings. The molecule has 0 saturated heterocycles. The average Bonchev–Trinajstić information content (AvgIpc) is 3.09. The number of nitrogens with one attached hydrogen (secondary N) is 1. The molecule has 2 heterocycles. The van der Waals surface area contributed by atoms with Crippen LogP contribution in [0.1, 0.15) is 12.7 Å². The fourth-order valence-corrected chi connectivity index (χ4v) is 2.13. The maximum Gasteiger partial charge on any atom is 0.251 e. The Hall–Kier alpha value is -2.89. The van der Waals surface area contributed by atoms with E-state index in [1.807, 2.05) is 47.4 Å². The molecule has 112 valence electrons. The van der Waals surface area contributed by atoms with Crippen molar-refractivity contribution in [1.82, 2.24) is 15.2 Å². The molecule has 3 rings (SSSR count). The van der Waals surface area contributed by atoms with E-state index in [0.29, 0.717) is 18.3 Å². The van der Waals surface area contributed by atoms with Crippen LogP contribution < -0.4 is 10.2 Å². The summed E-state index contributed by atoms with van der Waals surface area (Å²) in [4.78, 5) is 6.52. The third-order valence-corrected chi connectivity index (χ3v) is 3.20. The van der Waals surface area contributed by atoms with E-state index in [4.69, 9.17) is 4.42 Å². The summed E-state index contributed by atoms with van der Waals surface area (Å²) in [6.45, 7) is 3.37. The molecule has 0 unspecified atom stereocenters. The molecule has 0 aliphatic carbocycles. The molecule has 0 atom stereocenters. The first-order chi connectivity index (χ1) is 10.9. The van der Waals surface area contributed by atoms with Gasteiger partial charge in [0.05, 0.1) is 19.0 Å². The lowest BCUT2D eigenvalue weighted by atomic mass is 10.3. The van der Waals surface area contributed by atoms with Gasteiger partial charge in [0.15, 0.2) is 5.82 Å². The van der Waals surface area contributed by atoms with Crippen molar-refractivity contribution in [2.45, 2.75) is 13.5 Å². The van der Waals surface area contributed by atoms with Gasteiger partial charge in [0.25, 0.3) is 5.95 Å². The van der Waals surface area contributed by atoms with Gasteiger partial charge in [-0.3, -0.25) is 0 Å². The predicted molar refractivity (Wildman–Crippen MR) is 85.0 cm³/mol. The number of nitrogens with zero attached hydrogens (tertiary/aromatic N) is 4. The summed E-state index contributed by atoms with van der Waals surface area (Å²) < 4.78 is 5.29. The van der Waals surface area contributed by atoms with Crippen LogP contribution in [0.5, 0.6) is 0 Å². The molecule has 22 heavy (non-hydrogen) atoms. The van der Waals surface area contributed by atoms with Crippen LogP contribution in [0, 0.1) is 0 Å². The van der Waals surface area contributed by atoms with Gasteiger partial charge in [-0.2, -0.15) is 10.1 Å². The van der Waals surface area contributed by atoms with E-state index in [1.165, 1.54) is 0 Å². The summed E-state index contributed by atoms with van der Waals surface area (Å²) in [5.41, 5.74) is 1.04. The molecule has 0 amide bonds. The van der Waals surface area contributed by atoms with Gasteiger partial charge >= 0.3 is 0 Å². The summed E-state index contributed by atoms with van der Waals surface area (Å²) >= 11 is 0. The van der Waals surface area contributed by atoms with Crippen molar-refractivity contribution >= 4 is 17.5 Å². The Morgan fingerprint density at radius 2 is 2.00 bits per heavy atom. The fourth-order valence-electron chi connectivity index (χ4n) is 2.13. The quantitative estimate of drug-likeness (QED) is 0.753. The lowest BCUT2D eigenvalue weighted by Gasteiger charge is -2.20. The Labute approximate surface area is 128 Å². The first-order valence-electron chi connectivity index (χ1n) is 7.15. The third kappa shape index (κ3) is 3.22. The summed E-state index contributed by atoms with van der Waals surface area (Å²) in [7, 11) is 0. The monoisotopic (exact) mass is 295 g/mol. The maximum atomic E-state index is 5.29. The molecule has 0 radical (unpaired) electrons. The Bertz CT molecular complexity index is 700. The van der Waals surface area contributed by atoms with E-state index >= 15 is 0 Å². The predicted octanol–water partition coefficient (Wildman–Crippen LogP) is 3.23. The number of hydrogen-bond acceptors (Lipinski definition) is 6. The van der Waals surface area contributed by atoms with Crippen molar-refractivity contribution < 1.29 is 4.42 Å². The van der Waals surface area contributed by atoms with Crippen LogP contribution in [-0.2, 0) is 6.54 Å². The molecule has 1 N–H and O–H groups in total. The van der Waals surface area contributed by atoms with Crippen molar-refractivity contribution in [3.05, 3.63) is 60.7 Å². The van der Waals surface area contributed by atoms with E-state index in [-0.39, 0.29) is 0 Å². The van der Waals surface area contributed by atoms with Crippen LogP contribution >= 0.6 is 0 Å². The molecule has 6 nitrogen and oxygen atoms in total. The van der Waals surface area contributed by atoms with E-state index < -0.39 is 0 Å². The maximum absolute atomic E-state index is 5.29. The van der Waals surface area contributed by atoms with Crippen LogP contribution in [0.3, 0.4) is 0 Å². The highest BCUT2D eigenvalue weighted by molar-refractivity contribution is 5.57. The second kappa shape index (κ2) is 6.71. The minimum atomic E-state index is 0.558. The van der Waals surface area contributed by atoms with E-state index in [0.717, 1.165) is 18.0 Å². The topological polar surface area (TPSA) is 67.1 Å². The second-order valence-corrected chi connectivity index (χ2v) is 4.65. The molecule has 0 aliphatic heterocycles. The zero-order valence-corrected chi connectivity index (χ0v) is 12.3. The van der Waals surface area contributed by atoms with Gasteiger partial charge in [-0.05, 0) is 31.2 Å². The smallest absolute Gasteiger partial charge is 0.251 e. The van der Waals surface area contributed by atoms with Crippen molar-refractivity contribution in [2.24, 2.45) is 0 Å². The Balaban J connectivity index is 1.77. The molecule has 6 heteroatoms. The minimum absolute atomic E-state index is 0.558. The summed E-state index contributed by atoms with van der Waals surface area (Å²) in [5, 5.41) is 11.3. The van der Waals surface area contributed by atoms with E-state index in [9.17, 15) is 0 Å². The largest absolute Gasteiger partial charge is 0.467 e. The van der Waals surface area contributed by atoms with Crippen LogP contribution in [0.15, 0.2) is 59.3 Å². The molecule has 0 fully saturated rings. The summed E-state index contributed by atoms with van der Waals surface area (Å²) in [5.74, 6) is 2.07. The molecular formula is C16H17N5O. The number of aromatic nitrogens is 3. The van der Waals surface area contributed by atoms with Crippen LogP contribution in [-0.4, -0.2) is 21.7 Å². The average molecular weight is 295 g/mol. The molecule has 0 aliphatic rings. The van der Waals surface area contributed by atoms with Crippen LogP contribution in [0.4, 0.5) is 17.5 Å². The molecule has 2 aromatic heterocycles. The van der Waals surface area contributed by atoms with Crippen molar-refractivity contribution in [3.63, 3.8) is 0 Å². The standard InChI is InChI=1S/C16H17N5O/c1-2-21(13-7-4-3-5-8-13)16-19-15(12-18-20-16)17-11-14-9-6-10-22-14/h3-10,12H,2,11H2,1H3,(H,17,19,20). The van der Waals surface area contributed by atoms with Gasteiger partial charge in [0.2, 0.25) is 0 Å². The highest BCUT2D eigenvalue weighted by Crippen LogP contribution is 2.21. The van der Waals surface area contributed by atoms with Crippen molar-refractivity contribution in [3.8, 4) is 0 Å². The van der Waals surface area contributed by atoms with Gasteiger partial charge in [-0.1, -0.05) is 18.2 Å². The summed E-state index contributed by atoms with van der Waals surface area (Å²) in [6.07, 6.45) is 3.25. The fraction of sp³-hybridized carbons (Fsp3) is 0.188. The highest BCUT2D eigenvalue weighted by atomic mass is 16.3. The van der Waals surface area contributed by atoms with Gasteiger partial charge in [-0.15, -0.1) is 5.10 Å². The SMILES string of the molecule is CCN(c1ccccc1)c1nncc(NCc2ccco2)n1. The molecule has 0 bridgehead atoms. The second-order valence-electron chi connectivity index (χ2n) is 4.65. The third-order valence-electron chi connectivity index (χ3n) is 3.20. The van der Waals surface area contributed by atoms with Gasteiger partial charge in [0, 0.05) is 12.2 Å². The van der Waals surface area contributed by atoms with Crippen molar-refractivity contribution in [1.29, 1.82) is 0 Å². The summed E-state index contributed by atoms with van der Waals surface area (Å²) in [6, 6.07) is 13.8. The zero-order valence-electron chi connectivity index (χ0n) is 12.3. The van der Waals surface area contributed by atoms with E-state index in [2.05, 4.69) is 27.4 Å². The Kier molecular flexibility index (Phi) is 4.29. The number of furan rings is 1. The lowest BCUT2D eigenvalue weighted by molar-refractivity contribution is 0.517. The first kappa shape index (κ1) is 14.1. The number of hydrogen-bond donors (Lipinski definition) is 1. The first-order valence-corrected chi connectivity index (χ1v) is 7.15. The van der Waals surface area contributed by atoms with Gasteiger partial charge in [-0.25, -0.2) is 0 Å². The number of para-hydroxylation sites is 1. The Morgan fingerprint density at radius 1 is 1.14 bits per heavy atom. The van der Waals surface area contributed by atoms with E-state index in [1.54, 1.807) is 12.5 Å². The Morgan fingerprint density at radius 3 is 2.73 bits per heavy atom. The van der Waals surface area contributed by atoms with Crippen LogP contribution in [0.2, 0.25) is 0 Å². The molecular weight excluding hydrogens is 278 g/mol. The van der Waals surface area contributed by atoms with Crippen molar-refractivity contribution in [2.75, 3.05) is 16.8 Å².